The van der Waals surface area contributed by atoms with Crippen molar-refractivity contribution in [2.75, 3.05) is 6.61 Å². The molecule has 5 fully saturated rings. The Morgan fingerprint density at radius 3 is 2.07 bits per heavy atom. The Labute approximate surface area is 264 Å². The van der Waals surface area contributed by atoms with Gasteiger partial charge < -0.3 is 34.3 Å². The summed E-state index contributed by atoms with van der Waals surface area (Å²) in [5.74, 6) is -3.04. The second kappa shape index (κ2) is 12.0. The van der Waals surface area contributed by atoms with Crippen LogP contribution in [-0.2, 0) is 23.7 Å². The second-order valence-corrected chi connectivity index (χ2v) is 15.5. The van der Waals surface area contributed by atoms with Gasteiger partial charge >= 0.3 is 0 Å². The molecule has 3 heterocycles. The lowest BCUT2D eigenvalue weighted by molar-refractivity contribution is -0.431. The van der Waals surface area contributed by atoms with E-state index >= 15 is 0 Å². The van der Waals surface area contributed by atoms with Crippen molar-refractivity contribution >= 4 is 5.78 Å². The molecule has 250 valence electrons. The average molecular weight is 619 g/mol. The Hall–Kier alpha value is -0.870. The molecule has 0 aromatic heterocycles. The molecule has 0 spiro atoms. The molecular formula is C36H58O8. The first-order valence-corrected chi connectivity index (χ1v) is 18.0. The van der Waals surface area contributed by atoms with Gasteiger partial charge in [0.2, 0.25) is 0 Å². The lowest BCUT2D eigenvalue weighted by atomic mass is 9.53. The van der Waals surface area contributed by atoms with Crippen molar-refractivity contribution in [3.8, 4) is 0 Å². The first-order valence-electron chi connectivity index (χ1n) is 18.0. The number of Topliss-reactive ketones (excluding diaryl/α,β-unsaturated/α-hetero) is 1. The molecule has 3 saturated heterocycles. The molecule has 2 saturated carbocycles. The molecule has 11 atom stereocenters. The minimum absolute atomic E-state index is 0.111. The SMILES string of the molecule is CCCCCCCCCCCCCCC[C@]12O[C@@H]3[C@@H]4[C@@H]5O[C@]5(CO)[C@@H](O)[C@]5(O)C(=O)C(C)=C[C@H]5[C@@]4(O1)[C@H](C)C[C@@]3(C(C)C)O2. The molecule has 3 N–H and O–H groups in total. The summed E-state index contributed by atoms with van der Waals surface area (Å²) >= 11 is 0. The van der Waals surface area contributed by atoms with Gasteiger partial charge in [0.25, 0.3) is 5.97 Å². The maximum Gasteiger partial charge on any atom is 0.284 e. The largest absolute Gasteiger partial charge is 0.393 e. The van der Waals surface area contributed by atoms with E-state index in [-0.39, 0.29) is 11.8 Å². The van der Waals surface area contributed by atoms with Crippen LogP contribution >= 0.6 is 0 Å². The van der Waals surface area contributed by atoms with Crippen molar-refractivity contribution < 1.29 is 39.1 Å². The Morgan fingerprint density at radius 1 is 0.909 bits per heavy atom. The summed E-state index contributed by atoms with van der Waals surface area (Å²) in [6.07, 6.45) is 16.8. The van der Waals surface area contributed by atoms with Crippen molar-refractivity contribution in [3.05, 3.63) is 11.6 Å². The van der Waals surface area contributed by atoms with Gasteiger partial charge in [-0.2, -0.15) is 0 Å². The molecule has 6 rings (SSSR count). The number of carbonyl (C=O) groups excluding carboxylic acids is 1. The first-order chi connectivity index (χ1) is 21.0. The van der Waals surface area contributed by atoms with Gasteiger partial charge in [-0.15, -0.1) is 0 Å². The molecular weight excluding hydrogens is 560 g/mol. The highest BCUT2D eigenvalue weighted by molar-refractivity contribution is 6.05. The number of aliphatic hydroxyl groups excluding tert-OH is 2. The third kappa shape index (κ3) is 4.67. The second-order valence-electron chi connectivity index (χ2n) is 15.5. The van der Waals surface area contributed by atoms with E-state index in [9.17, 15) is 20.1 Å². The van der Waals surface area contributed by atoms with E-state index in [1.54, 1.807) is 13.0 Å². The van der Waals surface area contributed by atoms with Crippen LogP contribution in [0.1, 0.15) is 131 Å². The number of carbonyl (C=O) groups is 1. The van der Waals surface area contributed by atoms with Gasteiger partial charge in [0.05, 0.1) is 12.2 Å². The summed E-state index contributed by atoms with van der Waals surface area (Å²) in [5, 5.41) is 34.4. The molecule has 44 heavy (non-hydrogen) atoms. The highest BCUT2D eigenvalue weighted by Crippen LogP contribution is 2.73. The Bertz CT molecular complexity index is 1110. The zero-order valence-corrected chi connectivity index (χ0v) is 27.8. The lowest BCUT2D eigenvalue weighted by Crippen LogP contribution is -2.73. The smallest absolute Gasteiger partial charge is 0.284 e. The average Bonchev–Trinajstić information content (AvgIpc) is 3.63. The highest BCUT2D eigenvalue weighted by Gasteiger charge is 2.88. The van der Waals surface area contributed by atoms with Crippen LogP contribution in [-0.4, -0.2) is 74.4 Å². The van der Waals surface area contributed by atoms with Gasteiger partial charge in [0.1, 0.15) is 29.5 Å². The third-order valence-electron chi connectivity index (χ3n) is 12.6. The van der Waals surface area contributed by atoms with E-state index in [0.717, 1.165) is 19.3 Å². The molecule has 3 aliphatic heterocycles. The predicted octanol–water partition coefficient (Wildman–Crippen LogP) is 5.74. The number of fused-ring (bicyclic) bond motifs is 3. The van der Waals surface area contributed by atoms with Crippen LogP contribution in [0, 0.1) is 23.7 Å². The van der Waals surface area contributed by atoms with E-state index in [1.165, 1.54) is 64.2 Å². The summed E-state index contributed by atoms with van der Waals surface area (Å²) < 4.78 is 27.2. The number of ether oxygens (including phenoxy) is 4. The van der Waals surface area contributed by atoms with Crippen LogP contribution in [0.3, 0.4) is 0 Å². The molecule has 0 aromatic carbocycles. The monoisotopic (exact) mass is 618 g/mol. The normalized spacial score (nSPS) is 46.6. The fraction of sp³-hybridized carbons (Fsp3) is 0.917. The van der Waals surface area contributed by atoms with Crippen molar-refractivity contribution in [2.45, 2.75) is 178 Å². The van der Waals surface area contributed by atoms with Crippen LogP contribution in [0.2, 0.25) is 0 Å². The zero-order valence-electron chi connectivity index (χ0n) is 27.8. The summed E-state index contributed by atoms with van der Waals surface area (Å²) in [6, 6.07) is 0. The first kappa shape index (κ1) is 33.0. The summed E-state index contributed by atoms with van der Waals surface area (Å²) in [7, 11) is 0. The molecule has 3 aliphatic carbocycles. The standard InChI is InChI=1S/C36H58O8/c1-6-7-8-9-10-11-12-13-14-15-16-17-18-19-34-42-29-27-30-33(22-37,41-30)31(39)35(40)26(20-24(4)28(35)38)36(27,44-34)25(5)21-32(29,43-34)23(2)3/h20,23,25-27,29-31,37,39-40H,6-19,21-22H2,1-5H3/t25-,26-,27-,29-,30+,31-,32+,33+,34-,35-,36+/m1/s1. The van der Waals surface area contributed by atoms with Gasteiger partial charge in [0, 0.05) is 18.3 Å². The quantitative estimate of drug-likeness (QED) is 0.148. The van der Waals surface area contributed by atoms with Crippen molar-refractivity contribution in [3.63, 3.8) is 0 Å². The number of epoxide rings is 1. The maximum absolute atomic E-state index is 13.6. The Morgan fingerprint density at radius 2 is 1.50 bits per heavy atom. The fourth-order valence-corrected chi connectivity index (χ4v) is 10.1. The van der Waals surface area contributed by atoms with Crippen LogP contribution < -0.4 is 0 Å². The van der Waals surface area contributed by atoms with Crippen LogP contribution in [0.15, 0.2) is 11.6 Å². The Balaban J connectivity index is 1.16. The summed E-state index contributed by atoms with van der Waals surface area (Å²) in [5.41, 5.74) is -4.90. The predicted molar refractivity (Wildman–Crippen MR) is 166 cm³/mol. The van der Waals surface area contributed by atoms with E-state index in [4.69, 9.17) is 18.9 Å². The molecule has 0 radical (unpaired) electrons. The Kier molecular flexibility index (Phi) is 9.00. The fourth-order valence-electron chi connectivity index (χ4n) is 10.1. The van der Waals surface area contributed by atoms with E-state index in [2.05, 4.69) is 27.7 Å². The lowest BCUT2D eigenvalue weighted by Gasteiger charge is -2.60. The molecule has 3 bridgehead atoms. The summed E-state index contributed by atoms with van der Waals surface area (Å²) in [4.78, 5) is 13.6. The minimum atomic E-state index is -2.16. The van der Waals surface area contributed by atoms with Gasteiger partial charge in [0.15, 0.2) is 11.4 Å². The highest BCUT2D eigenvalue weighted by atomic mass is 16.9. The number of rotatable bonds is 16. The number of unbranched alkanes of at least 4 members (excludes halogenated alkanes) is 12. The third-order valence-corrected chi connectivity index (χ3v) is 12.6. The molecule has 0 aromatic rings. The number of aliphatic hydroxyl groups is 3. The minimum Gasteiger partial charge on any atom is -0.393 e. The van der Waals surface area contributed by atoms with Crippen molar-refractivity contribution in [1.29, 1.82) is 0 Å². The molecule has 6 aliphatic rings. The van der Waals surface area contributed by atoms with Crippen LogP contribution in [0.5, 0.6) is 0 Å². The number of hydrogen-bond acceptors (Lipinski definition) is 8. The molecule has 8 nitrogen and oxygen atoms in total. The van der Waals surface area contributed by atoms with Crippen LogP contribution in [0.4, 0.5) is 0 Å². The molecule has 8 heteroatoms. The number of hydrogen-bond donors (Lipinski definition) is 3. The molecule has 0 amide bonds. The number of ketones is 1. The summed E-state index contributed by atoms with van der Waals surface area (Å²) in [6.45, 7) is 9.86. The van der Waals surface area contributed by atoms with E-state index < -0.39 is 70.9 Å². The topological polar surface area (TPSA) is 118 Å². The maximum atomic E-state index is 13.6. The van der Waals surface area contributed by atoms with E-state index in [1.807, 2.05) is 0 Å². The van der Waals surface area contributed by atoms with Gasteiger partial charge in [-0.25, -0.2) is 0 Å². The van der Waals surface area contributed by atoms with E-state index in [0.29, 0.717) is 18.4 Å². The van der Waals surface area contributed by atoms with Crippen molar-refractivity contribution in [1.82, 2.24) is 0 Å². The van der Waals surface area contributed by atoms with Gasteiger partial charge in [-0.3, -0.25) is 4.79 Å². The van der Waals surface area contributed by atoms with Crippen molar-refractivity contribution in [2.24, 2.45) is 23.7 Å². The molecule has 0 unspecified atom stereocenters. The zero-order chi connectivity index (χ0) is 31.5. The van der Waals surface area contributed by atoms with Gasteiger partial charge in [-0.1, -0.05) is 111 Å². The van der Waals surface area contributed by atoms with Crippen LogP contribution in [0.25, 0.3) is 0 Å². The van der Waals surface area contributed by atoms with Gasteiger partial charge in [-0.05, 0) is 37.2 Å².